The first-order valence-electron chi connectivity index (χ1n) is 5.44. The summed E-state index contributed by atoms with van der Waals surface area (Å²) < 4.78 is 10.1. The van der Waals surface area contributed by atoms with E-state index < -0.39 is 0 Å². The van der Waals surface area contributed by atoms with Gasteiger partial charge in [0.1, 0.15) is 11.6 Å². The molecule has 0 aliphatic carbocycles. The summed E-state index contributed by atoms with van der Waals surface area (Å²) in [6, 6.07) is 1.68. The highest BCUT2D eigenvalue weighted by Gasteiger charge is 2.09. The fraction of sp³-hybridized carbons (Fsp3) is 0.364. The molecule has 0 radical (unpaired) electrons. The van der Waals surface area contributed by atoms with E-state index in [0.717, 1.165) is 17.0 Å². The van der Waals surface area contributed by atoms with Gasteiger partial charge in [-0.2, -0.15) is 9.97 Å². The van der Waals surface area contributed by atoms with Crippen molar-refractivity contribution in [3.05, 3.63) is 23.1 Å². The van der Waals surface area contributed by atoms with E-state index in [2.05, 4.69) is 20.4 Å². The van der Waals surface area contributed by atoms with Gasteiger partial charge in [0, 0.05) is 18.2 Å². The number of rotatable bonds is 4. The Balaban J connectivity index is 2.13. The molecule has 0 amide bonds. The lowest BCUT2D eigenvalue weighted by Gasteiger charge is -2.07. The second kappa shape index (κ2) is 4.91. The number of nitrogens with zero attached hydrogens (tertiary/aromatic N) is 3. The number of aryl methyl sites for hydroxylation is 2. The molecule has 0 aliphatic rings. The minimum absolute atomic E-state index is 0.163. The second-order valence-electron chi connectivity index (χ2n) is 3.81. The number of anilines is 2. The average molecular weight is 249 g/mol. The van der Waals surface area contributed by atoms with Gasteiger partial charge in [-0.05, 0) is 13.8 Å². The van der Waals surface area contributed by atoms with Crippen LogP contribution in [-0.2, 0) is 6.54 Å². The zero-order valence-electron chi connectivity index (χ0n) is 10.5. The maximum absolute atomic E-state index is 5.57. The fourth-order valence-corrected chi connectivity index (χ4v) is 1.57. The quantitative estimate of drug-likeness (QED) is 0.842. The predicted octanol–water partition coefficient (Wildman–Crippen LogP) is 1.28. The third-order valence-corrected chi connectivity index (χ3v) is 2.56. The molecule has 7 nitrogen and oxygen atoms in total. The van der Waals surface area contributed by atoms with E-state index >= 15 is 0 Å². The van der Waals surface area contributed by atoms with Gasteiger partial charge in [0.2, 0.25) is 11.8 Å². The molecule has 0 aromatic carbocycles. The summed E-state index contributed by atoms with van der Waals surface area (Å²) in [7, 11) is 1.53. The van der Waals surface area contributed by atoms with Crippen molar-refractivity contribution in [3.63, 3.8) is 0 Å². The summed E-state index contributed by atoms with van der Waals surface area (Å²) >= 11 is 0. The molecule has 0 saturated carbocycles. The number of ether oxygens (including phenoxy) is 1. The van der Waals surface area contributed by atoms with E-state index in [1.165, 1.54) is 7.11 Å². The third-order valence-electron chi connectivity index (χ3n) is 2.56. The molecule has 0 unspecified atom stereocenters. The Bertz CT molecular complexity index is 533. The van der Waals surface area contributed by atoms with Crippen molar-refractivity contribution in [2.75, 3.05) is 18.2 Å². The number of hydrogen-bond donors (Lipinski definition) is 2. The lowest BCUT2D eigenvalue weighted by molar-refractivity contribution is 0.392. The van der Waals surface area contributed by atoms with Gasteiger partial charge in [0.05, 0.1) is 12.8 Å². The first-order chi connectivity index (χ1) is 8.60. The number of aromatic nitrogens is 3. The highest BCUT2D eigenvalue weighted by molar-refractivity contribution is 5.43. The van der Waals surface area contributed by atoms with Gasteiger partial charge in [-0.15, -0.1) is 0 Å². The molecule has 0 bridgehead atoms. The highest BCUT2D eigenvalue weighted by Crippen LogP contribution is 2.17. The summed E-state index contributed by atoms with van der Waals surface area (Å²) in [5.41, 5.74) is 7.43. The largest absolute Gasteiger partial charge is 0.481 e. The van der Waals surface area contributed by atoms with Crippen molar-refractivity contribution in [3.8, 4) is 5.88 Å². The summed E-state index contributed by atoms with van der Waals surface area (Å²) in [6.45, 7) is 4.31. The van der Waals surface area contributed by atoms with Crippen molar-refractivity contribution >= 4 is 11.8 Å². The Morgan fingerprint density at radius 1 is 1.39 bits per heavy atom. The Labute approximate surface area is 104 Å². The van der Waals surface area contributed by atoms with E-state index in [-0.39, 0.29) is 5.95 Å². The molecule has 0 atom stereocenters. The molecule has 2 aromatic rings. The number of hydrogen-bond acceptors (Lipinski definition) is 7. The molecule has 96 valence electrons. The molecule has 3 N–H and O–H groups in total. The molecule has 0 spiro atoms. The topological polar surface area (TPSA) is 99.1 Å². The van der Waals surface area contributed by atoms with Crippen LogP contribution in [0.25, 0.3) is 0 Å². The zero-order chi connectivity index (χ0) is 13.1. The molecule has 7 heteroatoms. The highest BCUT2D eigenvalue weighted by atomic mass is 16.5. The standard InChI is InChI=1S/C11H15N5O2/c1-6-8(7(2)18-16-6)5-13-9-4-10(17-3)15-11(12)14-9/h4H,5H2,1-3H3,(H3,12,13,14,15). The van der Waals surface area contributed by atoms with Crippen LogP contribution in [0.4, 0.5) is 11.8 Å². The third kappa shape index (κ3) is 2.50. The van der Waals surface area contributed by atoms with Crippen molar-refractivity contribution in [2.45, 2.75) is 20.4 Å². The van der Waals surface area contributed by atoms with Gasteiger partial charge < -0.3 is 20.3 Å². The summed E-state index contributed by atoms with van der Waals surface area (Å²) in [4.78, 5) is 7.97. The van der Waals surface area contributed by atoms with E-state index in [0.29, 0.717) is 18.2 Å². The Kier molecular flexibility index (Phi) is 3.31. The second-order valence-corrected chi connectivity index (χ2v) is 3.81. The van der Waals surface area contributed by atoms with Gasteiger partial charge in [0.25, 0.3) is 0 Å². The molecule has 2 aromatic heterocycles. The van der Waals surface area contributed by atoms with Crippen molar-refractivity contribution in [1.29, 1.82) is 0 Å². The molecular formula is C11H15N5O2. The SMILES string of the molecule is COc1cc(NCc2c(C)noc2C)nc(N)n1. The van der Waals surface area contributed by atoms with Gasteiger partial charge in [-0.25, -0.2) is 0 Å². The van der Waals surface area contributed by atoms with Crippen LogP contribution >= 0.6 is 0 Å². The number of nitrogen functional groups attached to an aromatic ring is 1. The van der Waals surface area contributed by atoms with Crippen LogP contribution < -0.4 is 15.8 Å². The maximum Gasteiger partial charge on any atom is 0.225 e. The van der Waals surface area contributed by atoms with Crippen molar-refractivity contribution < 1.29 is 9.26 Å². The lowest BCUT2D eigenvalue weighted by Crippen LogP contribution is -2.06. The molecule has 0 fully saturated rings. The van der Waals surface area contributed by atoms with Crippen LogP contribution in [0.2, 0.25) is 0 Å². The van der Waals surface area contributed by atoms with E-state index in [9.17, 15) is 0 Å². The summed E-state index contributed by atoms with van der Waals surface area (Å²) in [5, 5.41) is 7.02. The van der Waals surface area contributed by atoms with E-state index in [4.69, 9.17) is 15.0 Å². The first-order valence-corrected chi connectivity index (χ1v) is 5.44. The molecule has 0 saturated heterocycles. The van der Waals surface area contributed by atoms with Crippen LogP contribution in [0, 0.1) is 13.8 Å². The smallest absolute Gasteiger partial charge is 0.225 e. The van der Waals surface area contributed by atoms with E-state index in [1.807, 2.05) is 13.8 Å². The van der Waals surface area contributed by atoms with Gasteiger partial charge in [0.15, 0.2) is 0 Å². The molecule has 2 rings (SSSR count). The normalized spacial score (nSPS) is 10.4. The number of nitrogens with two attached hydrogens (primary N) is 1. The van der Waals surface area contributed by atoms with Crippen LogP contribution in [0.3, 0.4) is 0 Å². The number of nitrogens with one attached hydrogen (secondary N) is 1. The van der Waals surface area contributed by atoms with Crippen LogP contribution in [0.1, 0.15) is 17.0 Å². The van der Waals surface area contributed by atoms with E-state index in [1.54, 1.807) is 6.07 Å². The van der Waals surface area contributed by atoms with Crippen LogP contribution in [0.5, 0.6) is 5.88 Å². The number of methoxy groups -OCH3 is 1. The van der Waals surface area contributed by atoms with Gasteiger partial charge >= 0.3 is 0 Å². The molecule has 18 heavy (non-hydrogen) atoms. The minimum atomic E-state index is 0.163. The zero-order valence-corrected chi connectivity index (χ0v) is 10.5. The molecule has 2 heterocycles. The Morgan fingerprint density at radius 3 is 2.78 bits per heavy atom. The summed E-state index contributed by atoms with van der Waals surface area (Å²) in [6.07, 6.45) is 0. The van der Waals surface area contributed by atoms with Crippen LogP contribution in [0.15, 0.2) is 10.6 Å². The summed E-state index contributed by atoms with van der Waals surface area (Å²) in [5.74, 6) is 1.97. The van der Waals surface area contributed by atoms with Crippen LogP contribution in [-0.4, -0.2) is 22.2 Å². The monoisotopic (exact) mass is 249 g/mol. The van der Waals surface area contributed by atoms with Gasteiger partial charge in [-0.1, -0.05) is 5.16 Å². The minimum Gasteiger partial charge on any atom is -0.481 e. The molecular weight excluding hydrogens is 234 g/mol. The lowest BCUT2D eigenvalue weighted by atomic mass is 10.2. The van der Waals surface area contributed by atoms with Crippen molar-refractivity contribution in [1.82, 2.24) is 15.1 Å². The molecule has 0 aliphatic heterocycles. The van der Waals surface area contributed by atoms with Gasteiger partial charge in [-0.3, -0.25) is 0 Å². The maximum atomic E-state index is 5.57. The Hall–Kier alpha value is -2.31. The van der Waals surface area contributed by atoms with Crippen molar-refractivity contribution in [2.24, 2.45) is 0 Å². The average Bonchev–Trinajstić information content (AvgIpc) is 2.66. The fourth-order valence-electron chi connectivity index (χ4n) is 1.57. The Morgan fingerprint density at radius 2 is 2.17 bits per heavy atom. The predicted molar refractivity (Wildman–Crippen MR) is 66.3 cm³/mol. The first kappa shape index (κ1) is 12.2.